The molecule has 3 aromatic rings. The van der Waals surface area contributed by atoms with Gasteiger partial charge in [-0.05, 0) is 37.1 Å². The number of rotatable bonds is 10. The smallest absolute Gasteiger partial charge is 0.256 e. The average Bonchev–Trinajstić information content (AvgIpc) is 3.33. The second kappa shape index (κ2) is 10.8. The molecule has 0 fully saturated rings. The number of ether oxygens (including phenoxy) is 1. The summed E-state index contributed by atoms with van der Waals surface area (Å²) in [6.45, 7) is 4.37. The fourth-order valence-electron chi connectivity index (χ4n) is 3.86. The zero-order valence-corrected chi connectivity index (χ0v) is 18.4. The van der Waals surface area contributed by atoms with E-state index in [0.717, 1.165) is 19.0 Å². The van der Waals surface area contributed by atoms with E-state index < -0.39 is 11.6 Å². The molecule has 2 atom stereocenters. The molecule has 0 saturated heterocycles. The van der Waals surface area contributed by atoms with E-state index in [1.165, 1.54) is 47.5 Å². The number of halogens is 2. The number of hydrogen-bond acceptors (Lipinski definition) is 5. The third-order valence-electron chi connectivity index (χ3n) is 5.41. The number of nitrogens with zero attached hydrogens (tertiary/aromatic N) is 5. The molecule has 2 heterocycles. The number of amides is 1. The maximum atomic E-state index is 14.0. The van der Waals surface area contributed by atoms with E-state index in [4.69, 9.17) is 4.74 Å². The van der Waals surface area contributed by atoms with Crippen LogP contribution in [0.4, 0.5) is 8.78 Å². The normalized spacial score (nSPS) is 12.9. The molecule has 0 aliphatic carbocycles. The summed E-state index contributed by atoms with van der Waals surface area (Å²) < 4.78 is 32.9. The van der Waals surface area contributed by atoms with Crippen LogP contribution < -0.4 is 4.74 Å². The monoisotopic (exact) mass is 443 g/mol. The van der Waals surface area contributed by atoms with Crippen molar-refractivity contribution in [3.63, 3.8) is 0 Å². The van der Waals surface area contributed by atoms with Crippen molar-refractivity contribution < 1.29 is 18.3 Å². The largest absolute Gasteiger partial charge is 0.477 e. The van der Waals surface area contributed by atoms with Crippen molar-refractivity contribution >= 4 is 5.91 Å². The Kier molecular flexibility index (Phi) is 7.86. The quantitative estimate of drug-likeness (QED) is 0.468. The number of aromatic nitrogens is 4. The summed E-state index contributed by atoms with van der Waals surface area (Å²) in [7, 11) is 1.71. The van der Waals surface area contributed by atoms with Crippen molar-refractivity contribution in [3.05, 3.63) is 66.1 Å². The lowest BCUT2D eigenvalue weighted by Crippen LogP contribution is -2.44. The lowest BCUT2D eigenvalue weighted by atomic mass is 9.92. The number of benzene rings is 1. The van der Waals surface area contributed by atoms with Crippen molar-refractivity contribution in [2.24, 2.45) is 5.92 Å². The Labute approximate surface area is 186 Å². The number of carbonyl (C=O) groups excluding carboxylic acids is 1. The number of pyridine rings is 1. The molecule has 9 heteroatoms. The van der Waals surface area contributed by atoms with Crippen LogP contribution in [-0.2, 0) is 0 Å². The van der Waals surface area contributed by atoms with E-state index in [-0.39, 0.29) is 23.4 Å². The van der Waals surface area contributed by atoms with E-state index in [2.05, 4.69) is 22.1 Å². The summed E-state index contributed by atoms with van der Waals surface area (Å²) in [4.78, 5) is 20.3. The Balaban J connectivity index is 1.82. The first-order valence-corrected chi connectivity index (χ1v) is 10.6. The van der Waals surface area contributed by atoms with Crippen molar-refractivity contribution in [3.8, 4) is 11.6 Å². The first kappa shape index (κ1) is 23.3. The summed E-state index contributed by atoms with van der Waals surface area (Å²) in [5.41, 5.74) is 0.584. The predicted octanol–water partition coefficient (Wildman–Crippen LogP) is 4.29. The molecule has 3 rings (SSSR count). The number of hydrogen-bond donors (Lipinski definition) is 0. The SMILES string of the molecule is CCCC(COc1ccc(F)cn1)C(CC)N(C)C(=O)c1cc(F)ccc1-n1nccn1. The second-order valence-electron chi connectivity index (χ2n) is 7.55. The molecule has 2 unspecified atom stereocenters. The first-order chi connectivity index (χ1) is 15.4. The summed E-state index contributed by atoms with van der Waals surface area (Å²) >= 11 is 0. The van der Waals surface area contributed by atoms with Gasteiger partial charge in [-0.25, -0.2) is 13.8 Å². The van der Waals surface area contributed by atoms with Crippen molar-refractivity contribution in [2.75, 3.05) is 13.7 Å². The zero-order chi connectivity index (χ0) is 23.1. The van der Waals surface area contributed by atoms with Gasteiger partial charge in [-0.1, -0.05) is 20.3 Å². The van der Waals surface area contributed by atoms with Crippen LogP contribution in [0.2, 0.25) is 0 Å². The Bertz CT molecular complexity index is 1010. The summed E-state index contributed by atoms with van der Waals surface area (Å²) in [6, 6.07) is 6.58. The molecule has 32 heavy (non-hydrogen) atoms. The molecule has 0 spiro atoms. The van der Waals surface area contributed by atoms with Gasteiger partial charge in [-0.3, -0.25) is 4.79 Å². The Morgan fingerprint density at radius 3 is 2.47 bits per heavy atom. The minimum atomic E-state index is -0.512. The molecule has 0 aliphatic heterocycles. The molecule has 1 amide bonds. The highest BCUT2D eigenvalue weighted by Gasteiger charge is 2.29. The fourth-order valence-corrected chi connectivity index (χ4v) is 3.86. The Morgan fingerprint density at radius 1 is 1.12 bits per heavy atom. The van der Waals surface area contributed by atoms with Crippen molar-refractivity contribution in [1.29, 1.82) is 0 Å². The van der Waals surface area contributed by atoms with Gasteiger partial charge in [0, 0.05) is 25.1 Å². The highest BCUT2D eigenvalue weighted by Crippen LogP contribution is 2.24. The zero-order valence-electron chi connectivity index (χ0n) is 18.4. The van der Waals surface area contributed by atoms with Gasteiger partial charge in [0.2, 0.25) is 5.88 Å². The molecular formula is C23H27F2N5O2. The highest BCUT2D eigenvalue weighted by atomic mass is 19.1. The van der Waals surface area contributed by atoms with E-state index in [1.807, 2.05) is 6.92 Å². The van der Waals surface area contributed by atoms with Gasteiger partial charge >= 0.3 is 0 Å². The minimum absolute atomic E-state index is 0.00522. The van der Waals surface area contributed by atoms with Gasteiger partial charge in [0.25, 0.3) is 5.91 Å². The van der Waals surface area contributed by atoms with Crippen LogP contribution >= 0.6 is 0 Å². The molecule has 2 aromatic heterocycles. The van der Waals surface area contributed by atoms with Crippen LogP contribution in [0, 0.1) is 17.6 Å². The number of carbonyl (C=O) groups is 1. The van der Waals surface area contributed by atoms with Crippen molar-refractivity contribution in [2.45, 2.75) is 39.2 Å². The van der Waals surface area contributed by atoms with E-state index in [9.17, 15) is 13.6 Å². The summed E-state index contributed by atoms with van der Waals surface area (Å²) in [6.07, 6.45) is 6.48. The van der Waals surface area contributed by atoms with Crippen molar-refractivity contribution in [1.82, 2.24) is 24.9 Å². The van der Waals surface area contributed by atoms with Gasteiger partial charge in [0.1, 0.15) is 11.6 Å². The van der Waals surface area contributed by atoms with Crippen LogP contribution in [0.25, 0.3) is 5.69 Å². The minimum Gasteiger partial charge on any atom is -0.477 e. The molecule has 0 aliphatic rings. The van der Waals surface area contributed by atoms with Gasteiger partial charge < -0.3 is 9.64 Å². The molecule has 1 aromatic carbocycles. The van der Waals surface area contributed by atoms with Gasteiger partial charge in [0.05, 0.1) is 36.4 Å². The molecule has 0 saturated carbocycles. The average molecular weight is 443 g/mol. The lowest BCUT2D eigenvalue weighted by Gasteiger charge is -2.34. The van der Waals surface area contributed by atoms with E-state index in [0.29, 0.717) is 24.6 Å². The fraction of sp³-hybridized carbons (Fsp3) is 0.391. The molecular weight excluding hydrogens is 416 g/mol. The van der Waals surface area contributed by atoms with E-state index >= 15 is 0 Å². The van der Waals surface area contributed by atoms with Crippen LogP contribution in [0.3, 0.4) is 0 Å². The third-order valence-corrected chi connectivity index (χ3v) is 5.41. The summed E-state index contributed by atoms with van der Waals surface area (Å²) in [5.74, 6) is -0.942. The molecule has 170 valence electrons. The molecule has 0 bridgehead atoms. The lowest BCUT2D eigenvalue weighted by molar-refractivity contribution is 0.0603. The van der Waals surface area contributed by atoms with Crippen LogP contribution in [-0.4, -0.2) is 50.5 Å². The van der Waals surface area contributed by atoms with Crippen LogP contribution in [0.5, 0.6) is 5.88 Å². The highest BCUT2D eigenvalue weighted by molar-refractivity contribution is 5.97. The molecule has 0 N–H and O–H groups in total. The van der Waals surface area contributed by atoms with Gasteiger partial charge in [-0.15, -0.1) is 0 Å². The Hall–Kier alpha value is -3.36. The molecule has 0 radical (unpaired) electrons. The summed E-state index contributed by atoms with van der Waals surface area (Å²) in [5, 5.41) is 8.15. The standard InChI is InChI=1S/C23H27F2N5O2/c1-4-6-16(15-32-22-10-8-18(25)14-26-22)20(5-2)29(3)23(31)19-13-17(24)7-9-21(19)30-27-11-12-28-30/h7-14,16,20H,4-6,15H2,1-3H3. The van der Waals surface area contributed by atoms with E-state index in [1.54, 1.807) is 11.9 Å². The topological polar surface area (TPSA) is 73.1 Å². The Morgan fingerprint density at radius 2 is 1.84 bits per heavy atom. The van der Waals surface area contributed by atoms with Crippen LogP contribution in [0.15, 0.2) is 48.9 Å². The maximum Gasteiger partial charge on any atom is 0.256 e. The predicted molar refractivity (Wildman–Crippen MR) is 116 cm³/mol. The first-order valence-electron chi connectivity index (χ1n) is 10.6. The van der Waals surface area contributed by atoms with Crippen LogP contribution in [0.1, 0.15) is 43.5 Å². The van der Waals surface area contributed by atoms with Gasteiger partial charge in [0.15, 0.2) is 0 Å². The second-order valence-corrected chi connectivity index (χ2v) is 7.55. The van der Waals surface area contributed by atoms with Gasteiger partial charge in [-0.2, -0.15) is 15.0 Å². The maximum absolute atomic E-state index is 14.0. The third kappa shape index (κ3) is 5.46. The molecule has 7 nitrogen and oxygen atoms in total.